The lowest BCUT2D eigenvalue weighted by molar-refractivity contribution is 0.0390. The summed E-state index contributed by atoms with van der Waals surface area (Å²) >= 11 is 5.91. The predicted octanol–water partition coefficient (Wildman–Crippen LogP) is 0.533. The number of ether oxygens (including phenoxy) is 1. The summed E-state index contributed by atoms with van der Waals surface area (Å²) in [5, 5.41) is 0.165. The summed E-state index contributed by atoms with van der Waals surface area (Å²) in [6.07, 6.45) is 0. The normalized spacial score (nSPS) is 17.2. The minimum atomic E-state index is -3.63. The molecule has 1 aliphatic heterocycles. The van der Waals surface area contributed by atoms with Crippen molar-refractivity contribution in [2.75, 3.05) is 45.1 Å². The van der Waals surface area contributed by atoms with Crippen LogP contribution in [0.15, 0.2) is 23.1 Å². The molecule has 1 fully saturated rings. The van der Waals surface area contributed by atoms with Crippen molar-refractivity contribution in [1.29, 1.82) is 0 Å². The van der Waals surface area contributed by atoms with Crippen LogP contribution in [0, 0.1) is 0 Å². The highest BCUT2D eigenvalue weighted by Crippen LogP contribution is 2.23. The lowest BCUT2D eigenvalue weighted by atomic mass is 10.3. The Bertz CT molecular complexity index is 559. The van der Waals surface area contributed by atoms with Gasteiger partial charge in [-0.05, 0) is 18.2 Å². The zero-order valence-corrected chi connectivity index (χ0v) is 12.6. The first kappa shape index (κ1) is 15.5. The van der Waals surface area contributed by atoms with Gasteiger partial charge in [-0.25, -0.2) is 13.1 Å². The number of halogens is 1. The summed E-state index contributed by atoms with van der Waals surface area (Å²) < 4.78 is 32.1. The van der Waals surface area contributed by atoms with Crippen LogP contribution in [0.25, 0.3) is 0 Å². The number of hydrogen-bond donors (Lipinski definition) is 2. The van der Waals surface area contributed by atoms with Gasteiger partial charge in [0.15, 0.2) is 0 Å². The SMILES string of the molecule is Nc1ccc(Cl)c(S(=O)(=O)NCCN2CCOCC2)c1. The number of benzene rings is 1. The zero-order chi connectivity index (χ0) is 14.6. The van der Waals surface area contributed by atoms with Crippen molar-refractivity contribution in [3.8, 4) is 0 Å². The van der Waals surface area contributed by atoms with Crippen molar-refractivity contribution >= 4 is 27.3 Å². The molecule has 0 aliphatic carbocycles. The van der Waals surface area contributed by atoms with Crippen LogP contribution in [0.1, 0.15) is 0 Å². The molecular formula is C12H18ClN3O3S. The summed E-state index contributed by atoms with van der Waals surface area (Å²) in [4.78, 5) is 2.16. The number of sulfonamides is 1. The average molecular weight is 320 g/mol. The molecule has 0 radical (unpaired) electrons. The topological polar surface area (TPSA) is 84.7 Å². The highest BCUT2D eigenvalue weighted by Gasteiger charge is 2.18. The maximum absolute atomic E-state index is 12.2. The summed E-state index contributed by atoms with van der Waals surface area (Å²) in [6.45, 7) is 3.99. The van der Waals surface area contributed by atoms with Gasteiger partial charge >= 0.3 is 0 Å². The Morgan fingerprint density at radius 2 is 2.05 bits per heavy atom. The largest absolute Gasteiger partial charge is 0.399 e. The van der Waals surface area contributed by atoms with Crippen molar-refractivity contribution in [2.45, 2.75) is 4.90 Å². The highest BCUT2D eigenvalue weighted by molar-refractivity contribution is 7.89. The molecule has 0 bridgehead atoms. The van der Waals surface area contributed by atoms with E-state index in [1.165, 1.54) is 12.1 Å². The number of morpholine rings is 1. The molecule has 1 saturated heterocycles. The maximum atomic E-state index is 12.2. The molecule has 112 valence electrons. The number of anilines is 1. The minimum Gasteiger partial charge on any atom is -0.399 e. The summed E-state index contributed by atoms with van der Waals surface area (Å²) in [7, 11) is -3.63. The number of nitrogens with one attached hydrogen (secondary N) is 1. The van der Waals surface area contributed by atoms with Gasteiger partial charge in [0.2, 0.25) is 10.0 Å². The van der Waals surface area contributed by atoms with Crippen molar-refractivity contribution in [3.05, 3.63) is 23.2 Å². The van der Waals surface area contributed by atoms with E-state index in [1.807, 2.05) is 0 Å². The van der Waals surface area contributed by atoms with E-state index < -0.39 is 10.0 Å². The molecule has 8 heteroatoms. The smallest absolute Gasteiger partial charge is 0.242 e. The number of nitrogen functional groups attached to an aromatic ring is 1. The fraction of sp³-hybridized carbons (Fsp3) is 0.500. The third-order valence-corrected chi connectivity index (χ3v) is 5.01. The van der Waals surface area contributed by atoms with Gasteiger partial charge < -0.3 is 10.5 Å². The van der Waals surface area contributed by atoms with Gasteiger partial charge in [0.25, 0.3) is 0 Å². The van der Waals surface area contributed by atoms with Crippen molar-refractivity contribution in [2.24, 2.45) is 0 Å². The van der Waals surface area contributed by atoms with Gasteiger partial charge in [0, 0.05) is 31.9 Å². The Labute approximate surface area is 123 Å². The van der Waals surface area contributed by atoms with Crippen LogP contribution in [0.2, 0.25) is 5.02 Å². The van der Waals surface area contributed by atoms with Crippen molar-refractivity contribution in [3.63, 3.8) is 0 Å². The van der Waals surface area contributed by atoms with Crippen LogP contribution in [0.4, 0.5) is 5.69 Å². The van der Waals surface area contributed by atoms with Gasteiger partial charge in [0.1, 0.15) is 4.90 Å². The molecule has 1 aromatic rings. The Balaban J connectivity index is 1.95. The van der Waals surface area contributed by atoms with Crippen LogP contribution >= 0.6 is 11.6 Å². The number of hydrogen-bond acceptors (Lipinski definition) is 5. The van der Waals surface area contributed by atoms with E-state index >= 15 is 0 Å². The summed E-state index contributed by atoms with van der Waals surface area (Å²) in [5.41, 5.74) is 5.96. The average Bonchev–Trinajstić information content (AvgIpc) is 2.42. The van der Waals surface area contributed by atoms with Crippen LogP contribution in [-0.2, 0) is 14.8 Å². The zero-order valence-electron chi connectivity index (χ0n) is 11.0. The molecule has 20 heavy (non-hydrogen) atoms. The van der Waals surface area contributed by atoms with E-state index in [9.17, 15) is 8.42 Å². The lowest BCUT2D eigenvalue weighted by Gasteiger charge is -2.26. The van der Waals surface area contributed by atoms with E-state index in [0.717, 1.165) is 13.1 Å². The fourth-order valence-corrected chi connectivity index (χ4v) is 3.52. The van der Waals surface area contributed by atoms with Crippen LogP contribution in [-0.4, -0.2) is 52.7 Å². The Hall–Kier alpha value is -0.860. The molecule has 0 aromatic heterocycles. The Morgan fingerprint density at radius 3 is 2.75 bits per heavy atom. The van der Waals surface area contributed by atoms with Crippen LogP contribution in [0.5, 0.6) is 0 Å². The van der Waals surface area contributed by atoms with E-state index in [-0.39, 0.29) is 9.92 Å². The third kappa shape index (κ3) is 4.07. The van der Waals surface area contributed by atoms with Gasteiger partial charge in [-0.3, -0.25) is 4.90 Å². The molecule has 6 nitrogen and oxygen atoms in total. The van der Waals surface area contributed by atoms with Crippen LogP contribution < -0.4 is 10.5 Å². The van der Waals surface area contributed by atoms with E-state index in [0.29, 0.717) is 32.0 Å². The number of rotatable bonds is 5. The maximum Gasteiger partial charge on any atom is 0.242 e. The molecule has 0 amide bonds. The van der Waals surface area contributed by atoms with E-state index in [1.54, 1.807) is 6.07 Å². The van der Waals surface area contributed by atoms with Crippen molar-refractivity contribution < 1.29 is 13.2 Å². The minimum absolute atomic E-state index is 0.0149. The second-order valence-corrected chi connectivity index (χ2v) is 6.68. The standard InChI is InChI=1S/C12H18ClN3O3S/c13-11-2-1-10(14)9-12(11)20(17,18)15-3-4-16-5-7-19-8-6-16/h1-2,9,15H,3-8,14H2. The molecule has 0 saturated carbocycles. The molecule has 2 rings (SSSR count). The number of nitrogens with zero attached hydrogens (tertiary/aromatic N) is 1. The summed E-state index contributed by atoms with van der Waals surface area (Å²) in [5.74, 6) is 0. The quantitative estimate of drug-likeness (QED) is 0.774. The highest BCUT2D eigenvalue weighted by atomic mass is 35.5. The first-order valence-electron chi connectivity index (χ1n) is 6.34. The molecule has 0 atom stereocenters. The monoisotopic (exact) mass is 319 g/mol. The molecular weight excluding hydrogens is 302 g/mol. The molecule has 1 aliphatic rings. The molecule has 0 unspecified atom stereocenters. The summed E-state index contributed by atoms with van der Waals surface area (Å²) in [6, 6.07) is 4.40. The van der Waals surface area contributed by atoms with Crippen LogP contribution in [0.3, 0.4) is 0 Å². The predicted molar refractivity (Wildman–Crippen MR) is 78.3 cm³/mol. The first-order chi connectivity index (χ1) is 9.49. The van der Waals surface area contributed by atoms with Gasteiger partial charge in [0.05, 0.1) is 18.2 Å². The second kappa shape index (κ2) is 6.73. The third-order valence-electron chi connectivity index (χ3n) is 3.07. The van der Waals surface area contributed by atoms with Gasteiger partial charge in [-0.2, -0.15) is 0 Å². The fourth-order valence-electron chi connectivity index (χ4n) is 1.97. The second-order valence-electron chi connectivity index (χ2n) is 4.54. The van der Waals surface area contributed by atoms with E-state index in [2.05, 4.69) is 9.62 Å². The molecule has 1 aromatic carbocycles. The van der Waals surface area contributed by atoms with E-state index in [4.69, 9.17) is 22.1 Å². The molecule has 0 spiro atoms. The Kier molecular flexibility index (Phi) is 5.22. The van der Waals surface area contributed by atoms with Gasteiger partial charge in [-0.15, -0.1) is 0 Å². The Morgan fingerprint density at radius 1 is 1.35 bits per heavy atom. The van der Waals surface area contributed by atoms with Crippen molar-refractivity contribution in [1.82, 2.24) is 9.62 Å². The first-order valence-corrected chi connectivity index (χ1v) is 8.20. The molecule has 3 N–H and O–H groups in total. The number of nitrogens with two attached hydrogens (primary N) is 1. The lowest BCUT2D eigenvalue weighted by Crippen LogP contribution is -2.41. The molecule has 1 heterocycles. The van der Waals surface area contributed by atoms with Gasteiger partial charge in [-0.1, -0.05) is 11.6 Å².